The second kappa shape index (κ2) is 8.99. The van der Waals surface area contributed by atoms with Crippen molar-refractivity contribution in [1.29, 1.82) is 0 Å². The number of pyridine rings is 1. The van der Waals surface area contributed by atoms with Gasteiger partial charge in [-0.3, -0.25) is 4.98 Å². The van der Waals surface area contributed by atoms with Crippen LogP contribution in [0.5, 0.6) is 5.75 Å². The third-order valence-corrected chi connectivity index (χ3v) is 6.37. The zero-order valence-corrected chi connectivity index (χ0v) is 16.9. The van der Waals surface area contributed by atoms with Crippen molar-refractivity contribution in [2.45, 2.75) is 31.3 Å². The minimum absolute atomic E-state index is 0.238. The lowest BCUT2D eigenvalue weighted by Gasteiger charge is -2.22. The summed E-state index contributed by atoms with van der Waals surface area (Å²) in [6.45, 7) is 2.63. The molecule has 0 N–H and O–H groups in total. The molecule has 3 aromatic rings. The number of methoxy groups -OCH3 is 1. The van der Waals surface area contributed by atoms with Gasteiger partial charge in [-0.2, -0.15) is 4.31 Å². The van der Waals surface area contributed by atoms with E-state index in [2.05, 4.69) is 11.9 Å². The largest absolute Gasteiger partial charge is 0.497 e. The SMILES string of the molecule is CCc1ccc(CN(Cc2cccnc2)S(=O)(=O)c2ccc(OC)cc2)cc1. The molecular weight excluding hydrogens is 372 g/mol. The van der Waals surface area contributed by atoms with Crippen LogP contribution in [0.3, 0.4) is 0 Å². The van der Waals surface area contributed by atoms with E-state index in [-0.39, 0.29) is 18.0 Å². The van der Waals surface area contributed by atoms with Crippen LogP contribution in [0.1, 0.15) is 23.6 Å². The van der Waals surface area contributed by atoms with E-state index >= 15 is 0 Å². The first kappa shape index (κ1) is 20.0. The molecule has 0 aliphatic rings. The highest BCUT2D eigenvalue weighted by Crippen LogP contribution is 2.23. The Bertz CT molecular complexity index is 986. The highest BCUT2D eigenvalue weighted by Gasteiger charge is 2.25. The fourth-order valence-corrected chi connectivity index (χ4v) is 4.32. The van der Waals surface area contributed by atoms with Gasteiger partial charge in [-0.15, -0.1) is 0 Å². The zero-order valence-electron chi connectivity index (χ0n) is 16.1. The summed E-state index contributed by atoms with van der Waals surface area (Å²) in [5, 5.41) is 0. The zero-order chi connectivity index (χ0) is 20.0. The standard InChI is InChI=1S/C22H24N2O3S/c1-3-18-6-8-19(9-7-18)16-24(17-20-5-4-14-23-15-20)28(25,26)22-12-10-21(27-2)11-13-22/h4-15H,3,16-17H2,1-2H3. The predicted octanol–water partition coefficient (Wildman–Crippen LogP) is 4.04. The average Bonchev–Trinajstić information content (AvgIpc) is 2.74. The van der Waals surface area contributed by atoms with Gasteiger partial charge in [0.25, 0.3) is 0 Å². The van der Waals surface area contributed by atoms with Crippen molar-refractivity contribution in [1.82, 2.24) is 9.29 Å². The summed E-state index contributed by atoms with van der Waals surface area (Å²) in [6, 6.07) is 18.2. The minimum atomic E-state index is -3.69. The number of rotatable bonds is 8. The Morgan fingerprint density at radius 2 is 1.54 bits per heavy atom. The van der Waals surface area contributed by atoms with Crippen LogP contribution in [0.2, 0.25) is 0 Å². The van der Waals surface area contributed by atoms with Crippen molar-refractivity contribution in [3.63, 3.8) is 0 Å². The fraction of sp³-hybridized carbons (Fsp3) is 0.227. The molecular formula is C22H24N2O3S. The van der Waals surface area contributed by atoms with Gasteiger partial charge >= 0.3 is 0 Å². The highest BCUT2D eigenvalue weighted by atomic mass is 32.2. The highest BCUT2D eigenvalue weighted by molar-refractivity contribution is 7.89. The molecule has 1 heterocycles. The molecule has 0 saturated carbocycles. The molecule has 28 heavy (non-hydrogen) atoms. The molecule has 0 aliphatic carbocycles. The van der Waals surface area contributed by atoms with E-state index in [0.717, 1.165) is 17.5 Å². The summed E-state index contributed by atoms with van der Waals surface area (Å²) in [5.74, 6) is 0.618. The number of ether oxygens (including phenoxy) is 1. The third kappa shape index (κ3) is 4.77. The van der Waals surface area contributed by atoms with Gasteiger partial charge < -0.3 is 4.74 Å². The number of sulfonamides is 1. The lowest BCUT2D eigenvalue weighted by Crippen LogP contribution is -2.30. The second-order valence-electron chi connectivity index (χ2n) is 6.48. The van der Waals surface area contributed by atoms with E-state index in [1.54, 1.807) is 43.8 Å². The topological polar surface area (TPSA) is 59.5 Å². The summed E-state index contributed by atoms with van der Waals surface area (Å²) in [7, 11) is -2.13. The number of aryl methyl sites for hydroxylation is 1. The predicted molar refractivity (Wildman–Crippen MR) is 109 cm³/mol. The number of hydrogen-bond donors (Lipinski definition) is 0. The van der Waals surface area contributed by atoms with Crippen molar-refractivity contribution in [3.8, 4) is 5.75 Å². The molecule has 6 heteroatoms. The van der Waals surface area contributed by atoms with E-state index < -0.39 is 10.0 Å². The van der Waals surface area contributed by atoms with Gasteiger partial charge in [0.2, 0.25) is 10.0 Å². The number of nitrogens with zero attached hydrogens (tertiary/aromatic N) is 2. The van der Waals surface area contributed by atoms with Gasteiger partial charge in [0.05, 0.1) is 12.0 Å². The molecule has 3 rings (SSSR count). The maximum absolute atomic E-state index is 13.3. The Hall–Kier alpha value is -2.70. The monoisotopic (exact) mass is 396 g/mol. The Morgan fingerprint density at radius 1 is 0.893 bits per heavy atom. The van der Waals surface area contributed by atoms with Crippen molar-refractivity contribution in [3.05, 3.63) is 89.7 Å². The second-order valence-corrected chi connectivity index (χ2v) is 8.42. The van der Waals surface area contributed by atoms with Crippen LogP contribution in [0.25, 0.3) is 0 Å². The molecule has 0 amide bonds. The summed E-state index contributed by atoms with van der Waals surface area (Å²) >= 11 is 0. The molecule has 0 atom stereocenters. The summed E-state index contributed by atoms with van der Waals surface area (Å²) < 4.78 is 33.3. The normalized spacial score (nSPS) is 11.5. The van der Waals surface area contributed by atoms with Crippen molar-refractivity contribution >= 4 is 10.0 Å². The summed E-state index contributed by atoms with van der Waals surface area (Å²) in [6.07, 6.45) is 4.32. The average molecular weight is 397 g/mol. The lowest BCUT2D eigenvalue weighted by molar-refractivity contribution is 0.400. The van der Waals surface area contributed by atoms with Crippen molar-refractivity contribution in [2.75, 3.05) is 7.11 Å². The van der Waals surface area contributed by atoms with Crippen molar-refractivity contribution in [2.24, 2.45) is 0 Å². The lowest BCUT2D eigenvalue weighted by atomic mass is 10.1. The first-order valence-electron chi connectivity index (χ1n) is 9.14. The quantitative estimate of drug-likeness (QED) is 0.576. The molecule has 0 radical (unpaired) electrons. The van der Waals surface area contributed by atoms with E-state index in [1.165, 1.54) is 9.87 Å². The number of aromatic nitrogens is 1. The molecule has 146 valence electrons. The minimum Gasteiger partial charge on any atom is -0.497 e. The molecule has 0 fully saturated rings. The maximum atomic E-state index is 13.3. The Morgan fingerprint density at radius 3 is 2.11 bits per heavy atom. The first-order valence-corrected chi connectivity index (χ1v) is 10.6. The molecule has 5 nitrogen and oxygen atoms in total. The molecule has 0 saturated heterocycles. The van der Waals surface area contributed by atoms with E-state index in [4.69, 9.17) is 4.74 Å². The molecule has 0 unspecified atom stereocenters. The fourth-order valence-electron chi connectivity index (χ4n) is 2.90. The van der Waals surface area contributed by atoms with Crippen molar-refractivity contribution < 1.29 is 13.2 Å². The van der Waals surface area contributed by atoms with Crippen LogP contribution in [-0.4, -0.2) is 24.8 Å². The van der Waals surface area contributed by atoms with E-state index in [1.807, 2.05) is 36.4 Å². The Labute approximate surface area is 166 Å². The number of benzene rings is 2. The molecule has 0 aliphatic heterocycles. The first-order chi connectivity index (χ1) is 13.5. The molecule has 0 spiro atoms. The van der Waals surface area contributed by atoms with Gasteiger partial charge in [-0.05, 0) is 53.4 Å². The number of hydrogen-bond acceptors (Lipinski definition) is 4. The van der Waals surface area contributed by atoms with E-state index in [0.29, 0.717) is 5.75 Å². The Kier molecular flexibility index (Phi) is 6.44. The van der Waals surface area contributed by atoms with Crippen LogP contribution in [-0.2, 0) is 29.5 Å². The maximum Gasteiger partial charge on any atom is 0.243 e. The van der Waals surface area contributed by atoms with Crippen LogP contribution in [0.15, 0.2) is 78.0 Å². The molecule has 2 aromatic carbocycles. The molecule has 1 aromatic heterocycles. The summed E-state index contributed by atoms with van der Waals surface area (Å²) in [4.78, 5) is 4.35. The van der Waals surface area contributed by atoms with Gasteiger partial charge in [-0.1, -0.05) is 37.3 Å². The third-order valence-electron chi connectivity index (χ3n) is 4.57. The van der Waals surface area contributed by atoms with Gasteiger partial charge in [-0.25, -0.2) is 8.42 Å². The van der Waals surface area contributed by atoms with Crippen LogP contribution >= 0.6 is 0 Å². The van der Waals surface area contributed by atoms with Gasteiger partial charge in [0.15, 0.2) is 0 Å². The van der Waals surface area contributed by atoms with Crippen LogP contribution in [0, 0.1) is 0 Å². The van der Waals surface area contributed by atoms with Crippen LogP contribution < -0.4 is 4.74 Å². The smallest absolute Gasteiger partial charge is 0.243 e. The summed E-state index contributed by atoms with van der Waals surface area (Å²) in [5.41, 5.74) is 3.00. The van der Waals surface area contributed by atoms with Gasteiger partial charge in [0, 0.05) is 25.5 Å². The van der Waals surface area contributed by atoms with E-state index in [9.17, 15) is 8.42 Å². The molecule has 0 bridgehead atoms. The Balaban J connectivity index is 1.93. The van der Waals surface area contributed by atoms with Gasteiger partial charge in [0.1, 0.15) is 5.75 Å². The van der Waals surface area contributed by atoms with Crippen LogP contribution in [0.4, 0.5) is 0 Å².